The van der Waals surface area contributed by atoms with Gasteiger partial charge < -0.3 is 15.4 Å². The van der Waals surface area contributed by atoms with Gasteiger partial charge in [0, 0.05) is 12.2 Å². The summed E-state index contributed by atoms with van der Waals surface area (Å²) in [6, 6.07) is 3.47. The zero-order valence-corrected chi connectivity index (χ0v) is 10.9. The van der Waals surface area contributed by atoms with Crippen molar-refractivity contribution in [1.29, 1.82) is 0 Å². The van der Waals surface area contributed by atoms with E-state index in [1.54, 1.807) is 18.3 Å². The molecule has 5 nitrogen and oxygen atoms in total. The van der Waals surface area contributed by atoms with Gasteiger partial charge in [0.2, 0.25) is 5.91 Å². The van der Waals surface area contributed by atoms with Crippen LogP contribution < -0.4 is 10.6 Å². The molecular formula is C12H16ClN3O2. The molecule has 1 aliphatic rings. The molecule has 98 valence electrons. The zero-order valence-electron chi connectivity index (χ0n) is 10.1. The van der Waals surface area contributed by atoms with E-state index >= 15 is 0 Å². The maximum atomic E-state index is 12.1. The van der Waals surface area contributed by atoms with Gasteiger partial charge in [-0.05, 0) is 18.7 Å². The number of pyridine rings is 1. The lowest BCUT2D eigenvalue weighted by molar-refractivity contribution is -0.120. The van der Waals surface area contributed by atoms with Crippen LogP contribution in [0.15, 0.2) is 18.3 Å². The molecule has 2 unspecified atom stereocenters. The van der Waals surface area contributed by atoms with E-state index in [0.29, 0.717) is 24.1 Å². The second-order valence-corrected chi connectivity index (χ2v) is 4.54. The lowest BCUT2D eigenvalue weighted by Gasteiger charge is -2.17. The number of rotatable bonds is 4. The molecule has 1 aromatic rings. The van der Waals surface area contributed by atoms with Crippen molar-refractivity contribution in [3.05, 3.63) is 23.4 Å². The lowest BCUT2D eigenvalue weighted by atomic mass is 10.0. The molecule has 1 aliphatic heterocycles. The lowest BCUT2D eigenvalue weighted by Crippen LogP contribution is -2.41. The number of anilines is 1. The van der Waals surface area contributed by atoms with Gasteiger partial charge >= 0.3 is 0 Å². The number of nitrogens with one attached hydrogen (secondary N) is 2. The van der Waals surface area contributed by atoms with E-state index in [4.69, 9.17) is 16.3 Å². The largest absolute Gasteiger partial charge is 0.379 e. The monoisotopic (exact) mass is 269 g/mol. The van der Waals surface area contributed by atoms with E-state index < -0.39 is 0 Å². The number of ether oxygens (including phenoxy) is 1. The molecule has 0 aliphatic carbocycles. The molecule has 0 radical (unpaired) electrons. The number of hydrogen-bond acceptors (Lipinski definition) is 4. The van der Waals surface area contributed by atoms with E-state index in [1.165, 1.54) is 0 Å². The molecule has 1 amide bonds. The van der Waals surface area contributed by atoms with E-state index in [9.17, 15) is 4.79 Å². The molecule has 2 rings (SSSR count). The van der Waals surface area contributed by atoms with Crippen molar-refractivity contribution in [2.24, 2.45) is 5.92 Å². The van der Waals surface area contributed by atoms with Crippen molar-refractivity contribution >= 4 is 23.3 Å². The fourth-order valence-electron chi connectivity index (χ4n) is 1.96. The number of hydrogen-bond donors (Lipinski definition) is 2. The smallest absolute Gasteiger partial charge is 0.232 e. The summed E-state index contributed by atoms with van der Waals surface area (Å²) in [5, 5.41) is 6.41. The summed E-state index contributed by atoms with van der Waals surface area (Å²) in [7, 11) is 0. The normalized spacial score (nSPS) is 23.0. The van der Waals surface area contributed by atoms with Crippen molar-refractivity contribution < 1.29 is 9.53 Å². The zero-order chi connectivity index (χ0) is 13.0. The van der Waals surface area contributed by atoms with Gasteiger partial charge in [-0.15, -0.1) is 0 Å². The van der Waals surface area contributed by atoms with Gasteiger partial charge in [0.15, 0.2) is 5.82 Å². The van der Waals surface area contributed by atoms with Crippen LogP contribution in [0.2, 0.25) is 5.02 Å². The van der Waals surface area contributed by atoms with Crippen LogP contribution >= 0.6 is 11.6 Å². The number of aromatic nitrogens is 1. The molecule has 1 aromatic heterocycles. The molecule has 2 atom stereocenters. The fourth-order valence-corrected chi connectivity index (χ4v) is 2.13. The summed E-state index contributed by atoms with van der Waals surface area (Å²) in [6.45, 7) is 3.79. The number of carbonyl (C=O) groups excluding carboxylic acids is 1. The van der Waals surface area contributed by atoms with Crippen LogP contribution in [0.3, 0.4) is 0 Å². The van der Waals surface area contributed by atoms with Crippen molar-refractivity contribution in [2.45, 2.75) is 13.0 Å². The van der Waals surface area contributed by atoms with Crippen LogP contribution in [0.5, 0.6) is 0 Å². The van der Waals surface area contributed by atoms with Crippen LogP contribution in [0.1, 0.15) is 6.92 Å². The highest BCUT2D eigenvalue weighted by Gasteiger charge is 2.33. The molecule has 18 heavy (non-hydrogen) atoms. The van der Waals surface area contributed by atoms with Crippen molar-refractivity contribution in [3.63, 3.8) is 0 Å². The molecule has 2 heterocycles. The maximum Gasteiger partial charge on any atom is 0.232 e. The predicted octanol–water partition coefficient (Wildman–Crippen LogP) is 1.30. The predicted molar refractivity (Wildman–Crippen MR) is 69.7 cm³/mol. The van der Waals surface area contributed by atoms with E-state index in [1.807, 2.05) is 6.92 Å². The molecule has 0 aromatic carbocycles. The first-order valence-electron chi connectivity index (χ1n) is 5.95. The molecular weight excluding hydrogens is 254 g/mol. The molecule has 2 N–H and O–H groups in total. The van der Waals surface area contributed by atoms with Gasteiger partial charge in [0.1, 0.15) is 0 Å². The van der Waals surface area contributed by atoms with Crippen LogP contribution in [0.25, 0.3) is 0 Å². The third kappa shape index (κ3) is 2.98. The summed E-state index contributed by atoms with van der Waals surface area (Å²) in [5.74, 6) is 0.0772. The molecule has 6 heteroatoms. The first-order chi connectivity index (χ1) is 8.72. The molecule has 0 spiro atoms. The summed E-state index contributed by atoms with van der Waals surface area (Å²) >= 11 is 5.95. The van der Waals surface area contributed by atoms with E-state index in [-0.39, 0.29) is 17.9 Å². The van der Waals surface area contributed by atoms with Crippen LogP contribution in [0.4, 0.5) is 5.82 Å². The average Bonchev–Trinajstić information content (AvgIpc) is 2.81. The second kappa shape index (κ2) is 6.13. The van der Waals surface area contributed by atoms with Crippen molar-refractivity contribution in [1.82, 2.24) is 10.3 Å². The average molecular weight is 270 g/mol. The van der Waals surface area contributed by atoms with Gasteiger partial charge in [-0.25, -0.2) is 4.98 Å². The summed E-state index contributed by atoms with van der Waals surface area (Å²) in [5.41, 5.74) is 0. The topological polar surface area (TPSA) is 63.2 Å². The maximum absolute atomic E-state index is 12.1. The van der Waals surface area contributed by atoms with Crippen molar-refractivity contribution in [3.8, 4) is 0 Å². The minimum Gasteiger partial charge on any atom is -0.379 e. The highest BCUT2D eigenvalue weighted by molar-refractivity contribution is 6.33. The quantitative estimate of drug-likeness (QED) is 0.865. The number of amides is 1. The fraction of sp³-hybridized carbons (Fsp3) is 0.500. The first-order valence-corrected chi connectivity index (χ1v) is 6.32. The van der Waals surface area contributed by atoms with Crippen LogP contribution in [0, 0.1) is 5.92 Å². The Balaban J connectivity index is 2.01. The molecule has 1 fully saturated rings. The minimum atomic E-state index is -0.206. The third-order valence-corrected chi connectivity index (χ3v) is 3.19. The van der Waals surface area contributed by atoms with E-state index in [2.05, 4.69) is 15.6 Å². The minimum absolute atomic E-state index is 0.0532. The highest BCUT2D eigenvalue weighted by Crippen LogP contribution is 2.20. The Bertz CT molecular complexity index is 428. The molecule has 0 bridgehead atoms. The van der Waals surface area contributed by atoms with Crippen LogP contribution in [-0.4, -0.2) is 36.7 Å². The van der Waals surface area contributed by atoms with Gasteiger partial charge in [-0.2, -0.15) is 0 Å². The summed E-state index contributed by atoms with van der Waals surface area (Å²) < 4.78 is 5.33. The number of carbonyl (C=O) groups is 1. The first kappa shape index (κ1) is 13.3. The van der Waals surface area contributed by atoms with Gasteiger partial charge in [0.05, 0.1) is 24.2 Å². The van der Waals surface area contributed by atoms with Gasteiger partial charge in [-0.3, -0.25) is 4.79 Å². The SMILES string of the molecule is CCNC1COCC1C(=O)Nc1ncccc1Cl. The number of nitrogens with zero attached hydrogens (tertiary/aromatic N) is 1. The molecule has 1 saturated heterocycles. The Morgan fingerprint density at radius 1 is 1.61 bits per heavy atom. The Kier molecular flexibility index (Phi) is 4.52. The molecule has 0 saturated carbocycles. The van der Waals surface area contributed by atoms with Gasteiger partial charge in [-0.1, -0.05) is 18.5 Å². The van der Waals surface area contributed by atoms with Gasteiger partial charge in [0.25, 0.3) is 0 Å². The van der Waals surface area contributed by atoms with E-state index in [0.717, 1.165) is 6.54 Å². The Labute approximate surface area is 111 Å². The van der Waals surface area contributed by atoms with Crippen molar-refractivity contribution in [2.75, 3.05) is 25.1 Å². The Hall–Kier alpha value is -1.17. The highest BCUT2D eigenvalue weighted by atomic mass is 35.5. The summed E-state index contributed by atoms with van der Waals surface area (Å²) in [6.07, 6.45) is 1.59. The number of halogens is 1. The summed E-state index contributed by atoms with van der Waals surface area (Å²) in [4.78, 5) is 16.2. The third-order valence-electron chi connectivity index (χ3n) is 2.88. The second-order valence-electron chi connectivity index (χ2n) is 4.13. The van der Waals surface area contributed by atoms with Crippen LogP contribution in [-0.2, 0) is 9.53 Å². The Morgan fingerprint density at radius 2 is 2.44 bits per heavy atom. The Morgan fingerprint density at radius 3 is 3.17 bits per heavy atom. The number of likely N-dealkylation sites (N-methyl/N-ethyl adjacent to an activating group) is 1. The standard InChI is InChI=1S/C12H16ClN3O2/c1-2-14-10-7-18-6-8(10)12(17)16-11-9(13)4-3-5-15-11/h3-5,8,10,14H,2,6-7H2,1H3,(H,15,16,17).